The molecule has 1 aromatic carbocycles. The van der Waals surface area contributed by atoms with Crippen molar-refractivity contribution in [1.29, 1.82) is 0 Å². The van der Waals surface area contributed by atoms with E-state index in [2.05, 4.69) is 17.1 Å². The normalized spacial score (nSPS) is 19.9. The van der Waals surface area contributed by atoms with E-state index < -0.39 is 11.6 Å². The number of nitrogens with zero attached hydrogens (tertiary/aromatic N) is 2. The molecule has 1 fully saturated rings. The molecular weight excluding hydrogens is 346 g/mol. The van der Waals surface area contributed by atoms with E-state index in [-0.39, 0.29) is 11.3 Å². The maximum Gasteiger partial charge on any atom is 0.201 e. The number of hydrogen-bond acceptors (Lipinski definition) is 3. The minimum absolute atomic E-state index is 0.0653. The van der Waals surface area contributed by atoms with Gasteiger partial charge in [0.15, 0.2) is 11.6 Å². The van der Waals surface area contributed by atoms with Crippen molar-refractivity contribution in [1.82, 2.24) is 10.2 Å². The van der Waals surface area contributed by atoms with Gasteiger partial charge in [0.1, 0.15) is 0 Å². The van der Waals surface area contributed by atoms with E-state index in [1.807, 2.05) is 13.0 Å². The van der Waals surface area contributed by atoms with Crippen molar-refractivity contribution in [3.05, 3.63) is 41.6 Å². The number of aromatic nitrogens is 2. The summed E-state index contributed by atoms with van der Waals surface area (Å²) in [5, 5.41) is 8.35. The Hall–Kier alpha value is -2.04. The first kappa shape index (κ1) is 19.7. The highest BCUT2D eigenvalue weighted by molar-refractivity contribution is 5.61. The second-order valence-corrected chi connectivity index (χ2v) is 7.66. The number of ether oxygens (including phenoxy) is 1. The molecule has 27 heavy (non-hydrogen) atoms. The van der Waals surface area contributed by atoms with E-state index >= 15 is 0 Å². The van der Waals surface area contributed by atoms with E-state index in [0.29, 0.717) is 12.3 Å². The third kappa shape index (κ3) is 5.02. The van der Waals surface area contributed by atoms with Crippen LogP contribution in [0.5, 0.6) is 5.75 Å². The number of hydrogen-bond donors (Lipinski definition) is 0. The molecule has 0 bridgehead atoms. The van der Waals surface area contributed by atoms with Crippen molar-refractivity contribution in [2.24, 2.45) is 11.8 Å². The molecule has 1 aromatic heterocycles. The molecule has 146 valence electrons. The lowest BCUT2D eigenvalue weighted by atomic mass is 9.81. The van der Waals surface area contributed by atoms with E-state index in [9.17, 15) is 8.78 Å². The van der Waals surface area contributed by atoms with Gasteiger partial charge in [-0.2, -0.15) is 14.6 Å². The fourth-order valence-corrected chi connectivity index (χ4v) is 3.66. The quantitative estimate of drug-likeness (QED) is 0.599. The van der Waals surface area contributed by atoms with Gasteiger partial charge in [0.2, 0.25) is 5.82 Å². The van der Waals surface area contributed by atoms with Gasteiger partial charge in [-0.3, -0.25) is 0 Å². The van der Waals surface area contributed by atoms with E-state index in [1.165, 1.54) is 37.8 Å². The zero-order chi connectivity index (χ0) is 19.2. The largest absolute Gasteiger partial charge is 0.490 e. The summed E-state index contributed by atoms with van der Waals surface area (Å²) in [7, 11) is 0. The molecule has 1 heterocycles. The van der Waals surface area contributed by atoms with Crippen molar-refractivity contribution in [3.63, 3.8) is 0 Å². The summed E-state index contributed by atoms with van der Waals surface area (Å²) >= 11 is 0. The van der Waals surface area contributed by atoms with Crippen LogP contribution < -0.4 is 4.74 Å². The first-order valence-corrected chi connectivity index (χ1v) is 10.0. The molecule has 0 aliphatic heterocycles. The van der Waals surface area contributed by atoms with Gasteiger partial charge in [-0.15, -0.1) is 0 Å². The highest BCUT2D eigenvalue weighted by atomic mass is 19.2. The maximum atomic E-state index is 14.4. The number of rotatable bonds is 7. The third-order valence-electron chi connectivity index (χ3n) is 5.45. The van der Waals surface area contributed by atoms with E-state index in [0.717, 1.165) is 36.8 Å². The molecule has 1 aliphatic carbocycles. The molecule has 5 heteroatoms. The first-order valence-electron chi connectivity index (χ1n) is 10.0. The van der Waals surface area contributed by atoms with Gasteiger partial charge in [-0.05, 0) is 55.4 Å². The predicted molar refractivity (Wildman–Crippen MR) is 103 cm³/mol. The standard InChI is InChI=1S/C22H28F2N2O/c1-3-14-27-20-13-11-18(21(23)22(20)24)19-12-10-17(25-26-19)9-8-16-6-4-15(2)5-7-16/h10-13,15-16H,3-9,14H2,1-2H3. The van der Waals surface area contributed by atoms with Crippen molar-refractivity contribution < 1.29 is 13.5 Å². The Labute approximate surface area is 160 Å². The van der Waals surface area contributed by atoms with Gasteiger partial charge >= 0.3 is 0 Å². The Balaban J connectivity index is 1.64. The maximum absolute atomic E-state index is 14.4. The van der Waals surface area contributed by atoms with Crippen LogP contribution in [0.2, 0.25) is 0 Å². The summed E-state index contributed by atoms with van der Waals surface area (Å²) in [5.74, 6) is -0.357. The summed E-state index contributed by atoms with van der Waals surface area (Å²) in [6.07, 6.45) is 7.96. The van der Waals surface area contributed by atoms with Gasteiger partial charge in [-0.25, -0.2) is 4.39 Å². The van der Waals surface area contributed by atoms with Crippen LogP contribution in [0.3, 0.4) is 0 Å². The topological polar surface area (TPSA) is 35.0 Å². The molecule has 0 amide bonds. The molecule has 0 atom stereocenters. The Kier molecular flexibility index (Phi) is 6.75. The SMILES string of the molecule is CCCOc1ccc(-c2ccc(CCC3CCC(C)CC3)nn2)c(F)c1F. The molecule has 0 unspecified atom stereocenters. The third-order valence-corrected chi connectivity index (χ3v) is 5.45. The van der Waals surface area contributed by atoms with Gasteiger partial charge in [0, 0.05) is 5.56 Å². The van der Waals surface area contributed by atoms with Crippen LogP contribution >= 0.6 is 0 Å². The minimum Gasteiger partial charge on any atom is -0.490 e. The molecule has 0 saturated heterocycles. The Morgan fingerprint density at radius 3 is 2.44 bits per heavy atom. The fourth-order valence-electron chi connectivity index (χ4n) is 3.66. The molecular formula is C22H28F2N2O. The van der Waals surface area contributed by atoms with Gasteiger partial charge < -0.3 is 4.74 Å². The highest BCUT2D eigenvalue weighted by Crippen LogP contribution is 2.31. The molecule has 0 N–H and O–H groups in total. The lowest BCUT2D eigenvalue weighted by molar-refractivity contribution is 0.277. The van der Waals surface area contributed by atoms with Crippen molar-refractivity contribution in [2.45, 2.75) is 58.8 Å². The van der Waals surface area contributed by atoms with Crippen LogP contribution in [0.1, 0.15) is 58.1 Å². The second-order valence-electron chi connectivity index (χ2n) is 7.66. The van der Waals surface area contributed by atoms with Crippen molar-refractivity contribution in [3.8, 4) is 17.0 Å². The Morgan fingerprint density at radius 2 is 1.78 bits per heavy atom. The molecule has 2 aromatic rings. The smallest absolute Gasteiger partial charge is 0.201 e. The van der Waals surface area contributed by atoms with Crippen LogP contribution in [0.4, 0.5) is 8.78 Å². The monoisotopic (exact) mass is 374 g/mol. The van der Waals surface area contributed by atoms with E-state index in [4.69, 9.17) is 4.74 Å². The zero-order valence-corrected chi connectivity index (χ0v) is 16.2. The van der Waals surface area contributed by atoms with Gasteiger partial charge in [0.05, 0.1) is 18.0 Å². The average molecular weight is 374 g/mol. The molecule has 0 spiro atoms. The molecule has 1 saturated carbocycles. The predicted octanol–water partition coefficient (Wildman–Crippen LogP) is 5.97. The number of benzene rings is 1. The number of halogens is 2. The Bertz CT molecular complexity index is 741. The van der Waals surface area contributed by atoms with Crippen molar-refractivity contribution >= 4 is 0 Å². The second kappa shape index (κ2) is 9.25. The van der Waals surface area contributed by atoms with Gasteiger partial charge in [0.25, 0.3) is 0 Å². The molecule has 3 rings (SSSR count). The van der Waals surface area contributed by atoms with Crippen LogP contribution in [-0.2, 0) is 6.42 Å². The van der Waals surface area contributed by atoms with Crippen LogP contribution in [0, 0.1) is 23.5 Å². The summed E-state index contributed by atoms with van der Waals surface area (Å²) in [5.41, 5.74) is 1.35. The lowest BCUT2D eigenvalue weighted by Gasteiger charge is -2.25. The zero-order valence-electron chi connectivity index (χ0n) is 16.2. The fraction of sp³-hybridized carbons (Fsp3) is 0.545. The molecule has 3 nitrogen and oxygen atoms in total. The minimum atomic E-state index is -0.974. The summed E-state index contributed by atoms with van der Waals surface area (Å²) in [4.78, 5) is 0. The van der Waals surface area contributed by atoms with Gasteiger partial charge in [-0.1, -0.05) is 39.5 Å². The van der Waals surface area contributed by atoms with Crippen LogP contribution in [0.25, 0.3) is 11.3 Å². The van der Waals surface area contributed by atoms with Crippen molar-refractivity contribution in [2.75, 3.05) is 6.61 Å². The Morgan fingerprint density at radius 1 is 1.00 bits per heavy atom. The average Bonchev–Trinajstić information content (AvgIpc) is 2.69. The lowest BCUT2D eigenvalue weighted by Crippen LogP contribution is -2.13. The van der Waals surface area contributed by atoms with Crippen LogP contribution in [0.15, 0.2) is 24.3 Å². The number of aryl methyl sites for hydroxylation is 1. The highest BCUT2D eigenvalue weighted by Gasteiger charge is 2.19. The summed E-state index contributed by atoms with van der Waals surface area (Å²) in [6, 6.07) is 6.53. The first-order chi connectivity index (χ1) is 13.1. The summed E-state index contributed by atoms with van der Waals surface area (Å²) < 4.78 is 33.8. The summed E-state index contributed by atoms with van der Waals surface area (Å²) in [6.45, 7) is 4.59. The van der Waals surface area contributed by atoms with Crippen LogP contribution in [-0.4, -0.2) is 16.8 Å². The van der Waals surface area contributed by atoms with E-state index in [1.54, 1.807) is 6.07 Å². The molecule has 0 radical (unpaired) electrons. The molecule has 1 aliphatic rings.